The van der Waals surface area contributed by atoms with Crippen molar-refractivity contribution in [2.75, 3.05) is 19.6 Å². The molecule has 0 aromatic heterocycles. The van der Waals surface area contributed by atoms with Crippen molar-refractivity contribution in [1.29, 1.82) is 0 Å². The normalized spacial score (nSPS) is 16.0. The molecule has 31 heavy (non-hydrogen) atoms. The van der Waals surface area contributed by atoms with Crippen molar-refractivity contribution in [2.24, 2.45) is 0 Å². The number of nitro groups is 1. The average Bonchev–Trinajstić information content (AvgIpc) is 3.17. The molecule has 1 aliphatic heterocycles. The van der Waals surface area contributed by atoms with Gasteiger partial charge in [-0.3, -0.25) is 19.8 Å². The summed E-state index contributed by atoms with van der Waals surface area (Å²) in [4.78, 5) is 50.8. The Hall–Kier alpha value is -3.17. The van der Waals surface area contributed by atoms with Crippen molar-refractivity contribution in [3.05, 3.63) is 34.4 Å². The fourth-order valence-electron chi connectivity index (χ4n) is 3.24. The van der Waals surface area contributed by atoms with E-state index in [0.717, 1.165) is 0 Å². The lowest BCUT2D eigenvalue weighted by atomic mass is 10.1. The molecule has 0 aliphatic carbocycles. The van der Waals surface area contributed by atoms with E-state index in [9.17, 15) is 24.5 Å². The molecule has 1 aromatic carbocycles. The van der Waals surface area contributed by atoms with Crippen LogP contribution in [-0.2, 0) is 9.53 Å². The zero-order chi connectivity index (χ0) is 23.2. The summed E-state index contributed by atoms with van der Waals surface area (Å²) in [6, 6.07) is 4.46. The lowest BCUT2D eigenvalue weighted by Crippen LogP contribution is -2.48. The van der Waals surface area contributed by atoms with Crippen molar-refractivity contribution < 1.29 is 28.8 Å². The minimum Gasteiger partial charge on any atom is -0.444 e. The number of Topliss-reactive ketones (excluding diaryl/α,β-unsaturated/α-hetero) is 1. The topological polar surface area (TPSA) is 119 Å². The standard InChI is InChI=1S/C21H29N3O7/c1-5-12-22(19(26)30-16-10-8-15(9-11-16)24(28)29)14-18(25)17-7-6-13-23(17)20(27)31-21(2,3)4/h8-11,17H,5-7,12-14H2,1-4H3/t17-/m0/s1. The third kappa shape index (κ3) is 6.94. The minimum atomic E-state index is -0.731. The molecule has 1 saturated heterocycles. The second kappa shape index (κ2) is 10.2. The number of likely N-dealkylation sites (tertiary alicyclic amines) is 1. The summed E-state index contributed by atoms with van der Waals surface area (Å²) >= 11 is 0. The number of nitrogens with zero attached hydrogens (tertiary/aromatic N) is 3. The van der Waals surface area contributed by atoms with E-state index in [1.165, 1.54) is 34.1 Å². The highest BCUT2D eigenvalue weighted by Crippen LogP contribution is 2.22. The fourth-order valence-corrected chi connectivity index (χ4v) is 3.24. The summed E-state index contributed by atoms with van der Waals surface area (Å²) in [6.45, 7) is 7.64. The Morgan fingerprint density at radius 3 is 2.42 bits per heavy atom. The Balaban J connectivity index is 2.03. The zero-order valence-electron chi connectivity index (χ0n) is 18.3. The van der Waals surface area contributed by atoms with Crippen molar-refractivity contribution in [1.82, 2.24) is 9.80 Å². The van der Waals surface area contributed by atoms with E-state index in [2.05, 4.69) is 0 Å². The maximum Gasteiger partial charge on any atom is 0.415 e. The number of non-ortho nitro benzene ring substituents is 1. The van der Waals surface area contributed by atoms with Crippen molar-refractivity contribution >= 4 is 23.7 Å². The molecule has 1 aliphatic rings. The van der Waals surface area contributed by atoms with Crippen molar-refractivity contribution in [3.8, 4) is 5.75 Å². The molecule has 170 valence electrons. The lowest BCUT2D eigenvalue weighted by molar-refractivity contribution is -0.384. The monoisotopic (exact) mass is 435 g/mol. The molecule has 0 unspecified atom stereocenters. The van der Waals surface area contributed by atoms with Gasteiger partial charge in [-0.15, -0.1) is 0 Å². The molecule has 1 atom stereocenters. The Labute approximate surface area is 181 Å². The number of carbonyl (C=O) groups excluding carboxylic acids is 3. The summed E-state index contributed by atoms with van der Waals surface area (Å²) in [5.41, 5.74) is -0.792. The molecule has 0 radical (unpaired) electrons. The van der Waals surface area contributed by atoms with Crippen molar-refractivity contribution in [2.45, 2.75) is 58.6 Å². The largest absolute Gasteiger partial charge is 0.444 e. The number of hydrogen-bond donors (Lipinski definition) is 0. The van der Waals surface area contributed by atoms with Gasteiger partial charge in [0.25, 0.3) is 5.69 Å². The highest BCUT2D eigenvalue weighted by Gasteiger charge is 2.37. The van der Waals surface area contributed by atoms with E-state index >= 15 is 0 Å². The number of nitro benzene ring substituents is 1. The predicted molar refractivity (Wildman–Crippen MR) is 112 cm³/mol. The Morgan fingerprint density at radius 1 is 1.23 bits per heavy atom. The van der Waals surface area contributed by atoms with Crippen LogP contribution in [0, 0.1) is 10.1 Å². The van der Waals surface area contributed by atoms with Gasteiger partial charge < -0.3 is 14.4 Å². The molecule has 2 amide bonds. The first-order valence-electron chi connectivity index (χ1n) is 10.3. The van der Waals surface area contributed by atoms with Crippen LogP contribution in [0.3, 0.4) is 0 Å². The quantitative estimate of drug-likeness (QED) is 0.472. The summed E-state index contributed by atoms with van der Waals surface area (Å²) in [6.07, 6.45) is 0.513. The summed E-state index contributed by atoms with van der Waals surface area (Å²) in [5, 5.41) is 10.7. The van der Waals surface area contributed by atoms with Crippen LogP contribution in [0.1, 0.15) is 47.0 Å². The van der Waals surface area contributed by atoms with Gasteiger partial charge in [-0.1, -0.05) is 6.92 Å². The maximum absolute atomic E-state index is 12.9. The molecule has 1 heterocycles. The molecular formula is C21H29N3O7. The number of hydrogen-bond acceptors (Lipinski definition) is 7. The molecule has 0 bridgehead atoms. The minimum absolute atomic E-state index is 0.121. The summed E-state index contributed by atoms with van der Waals surface area (Å²) in [5.74, 6) is -0.127. The van der Waals surface area contributed by atoms with Crippen LogP contribution < -0.4 is 4.74 Å². The molecule has 1 aromatic rings. The Bertz CT molecular complexity index is 817. The van der Waals surface area contributed by atoms with E-state index in [-0.39, 0.29) is 30.3 Å². The number of rotatable bonds is 7. The first-order chi connectivity index (χ1) is 14.5. The van der Waals surface area contributed by atoms with Gasteiger partial charge in [-0.25, -0.2) is 9.59 Å². The number of ether oxygens (including phenoxy) is 2. The highest BCUT2D eigenvalue weighted by atomic mass is 16.6. The molecular weight excluding hydrogens is 406 g/mol. The van der Waals surface area contributed by atoms with E-state index in [4.69, 9.17) is 9.47 Å². The van der Waals surface area contributed by atoms with Gasteiger partial charge in [0.05, 0.1) is 17.5 Å². The number of amides is 2. The van der Waals surface area contributed by atoms with Crippen molar-refractivity contribution in [3.63, 3.8) is 0 Å². The molecule has 2 rings (SSSR count). The zero-order valence-corrected chi connectivity index (χ0v) is 18.3. The second-order valence-electron chi connectivity index (χ2n) is 8.34. The number of ketones is 1. The van der Waals surface area contributed by atoms with E-state index in [1.807, 2.05) is 6.92 Å². The van der Waals surface area contributed by atoms with Gasteiger partial charge in [-0.2, -0.15) is 0 Å². The fraction of sp³-hybridized carbons (Fsp3) is 0.571. The van der Waals surface area contributed by atoms with Gasteiger partial charge >= 0.3 is 12.2 Å². The van der Waals surface area contributed by atoms with Crippen LogP contribution in [0.2, 0.25) is 0 Å². The molecule has 10 nitrogen and oxygen atoms in total. The molecule has 10 heteroatoms. The Kier molecular flexibility index (Phi) is 7.95. The van der Waals surface area contributed by atoms with E-state index < -0.39 is 28.8 Å². The predicted octanol–water partition coefficient (Wildman–Crippen LogP) is 3.77. The first-order valence-corrected chi connectivity index (χ1v) is 10.3. The van der Waals surface area contributed by atoms with Crippen LogP contribution >= 0.6 is 0 Å². The average molecular weight is 435 g/mol. The SMILES string of the molecule is CCCN(CC(=O)[C@@H]1CCCN1C(=O)OC(C)(C)C)C(=O)Oc1ccc([N+](=O)[O-])cc1. The van der Waals surface area contributed by atoms with Gasteiger partial charge in [0.15, 0.2) is 5.78 Å². The number of carbonyl (C=O) groups is 3. The van der Waals surface area contributed by atoms with Crippen LogP contribution in [-0.4, -0.2) is 64.0 Å². The van der Waals surface area contributed by atoms with Crippen LogP contribution in [0.15, 0.2) is 24.3 Å². The van der Waals surface area contributed by atoms with Gasteiger partial charge in [-0.05, 0) is 52.2 Å². The van der Waals surface area contributed by atoms with Crippen LogP contribution in [0.4, 0.5) is 15.3 Å². The third-order valence-corrected chi connectivity index (χ3v) is 4.60. The molecule has 1 fully saturated rings. The molecule has 0 saturated carbocycles. The first kappa shape index (κ1) is 24.1. The van der Waals surface area contributed by atoms with Gasteiger partial charge in [0.2, 0.25) is 0 Å². The van der Waals surface area contributed by atoms with Gasteiger partial charge in [0, 0.05) is 25.2 Å². The smallest absolute Gasteiger partial charge is 0.415 e. The van der Waals surface area contributed by atoms with E-state index in [0.29, 0.717) is 25.8 Å². The third-order valence-electron chi connectivity index (χ3n) is 4.60. The van der Waals surface area contributed by atoms with Crippen LogP contribution in [0.5, 0.6) is 5.75 Å². The molecule has 0 spiro atoms. The number of benzene rings is 1. The summed E-state index contributed by atoms with van der Waals surface area (Å²) in [7, 11) is 0. The summed E-state index contributed by atoms with van der Waals surface area (Å²) < 4.78 is 10.7. The van der Waals surface area contributed by atoms with Crippen LogP contribution in [0.25, 0.3) is 0 Å². The Morgan fingerprint density at radius 2 is 1.87 bits per heavy atom. The molecule has 0 N–H and O–H groups in total. The van der Waals surface area contributed by atoms with E-state index in [1.54, 1.807) is 20.8 Å². The van der Waals surface area contributed by atoms with Gasteiger partial charge in [0.1, 0.15) is 11.4 Å². The lowest BCUT2D eigenvalue weighted by Gasteiger charge is -2.29. The maximum atomic E-state index is 12.9. The second-order valence-corrected chi connectivity index (χ2v) is 8.34. The highest BCUT2D eigenvalue weighted by molar-refractivity contribution is 5.91.